The van der Waals surface area contributed by atoms with E-state index >= 15 is 0 Å². The highest BCUT2D eigenvalue weighted by atomic mass is 16.5. The molecule has 5 nitrogen and oxygen atoms in total. The third-order valence-corrected chi connectivity index (χ3v) is 3.84. The Labute approximate surface area is 140 Å². The van der Waals surface area contributed by atoms with Crippen molar-refractivity contribution in [3.8, 4) is 5.75 Å². The number of benzene rings is 1. The van der Waals surface area contributed by atoms with Crippen molar-refractivity contribution in [2.75, 3.05) is 13.1 Å². The van der Waals surface area contributed by atoms with E-state index in [0.717, 1.165) is 12.0 Å². The summed E-state index contributed by atoms with van der Waals surface area (Å²) in [4.78, 5) is 25.4. The zero-order valence-corrected chi connectivity index (χ0v) is 13.5. The second kappa shape index (κ2) is 7.17. The van der Waals surface area contributed by atoms with Gasteiger partial charge in [-0.05, 0) is 18.6 Å². The average molecular weight is 325 g/mol. The summed E-state index contributed by atoms with van der Waals surface area (Å²) in [5, 5.41) is 0. The Morgan fingerprint density at radius 3 is 2.83 bits per heavy atom. The Kier molecular flexibility index (Phi) is 4.79. The van der Waals surface area contributed by atoms with Gasteiger partial charge in [0.25, 0.3) is 0 Å². The van der Waals surface area contributed by atoms with E-state index in [1.54, 1.807) is 24.0 Å². The maximum atomic E-state index is 12.2. The summed E-state index contributed by atoms with van der Waals surface area (Å²) in [6.07, 6.45) is 4.02. The first-order chi connectivity index (χ1) is 11.6. The summed E-state index contributed by atoms with van der Waals surface area (Å²) < 4.78 is 10.7. The van der Waals surface area contributed by atoms with Gasteiger partial charge in [0.1, 0.15) is 17.6 Å². The van der Waals surface area contributed by atoms with Crippen LogP contribution in [-0.4, -0.2) is 30.0 Å². The number of hydrogen-bond acceptors (Lipinski definition) is 4. The fourth-order valence-corrected chi connectivity index (χ4v) is 2.70. The molecule has 0 N–H and O–H groups in total. The number of carbonyl (C=O) groups is 1. The molecule has 5 heteroatoms. The molecule has 1 aromatic carbocycles. The molecule has 0 aliphatic carbocycles. The van der Waals surface area contributed by atoms with Crippen LogP contribution in [0, 0.1) is 6.92 Å². The van der Waals surface area contributed by atoms with E-state index in [9.17, 15) is 9.59 Å². The van der Waals surface area contributed by atoms with Gasteiger partial charge in [-0.25, -0.2) is 4.79 Å². The first-order valence-electron chi connectivity index (χ1n) is 7.90. The van der Waals surface area contributed by atoms with Gasteiger partial charge >= 0.3 is 5.63 Å². The third kappa shape index (κ3) is 4.13. The van der Waals surface area contributed by atoms with Crippen LogP contribution in [0.15, 0.2) is 57.8 Å². The normalized spacial score (nSPS) is 17.4. The van der Waals surface area contributed by atoms with Crippen LogP contribution in [0.3, 0.4) is 0 Å². The lowest BCUT2D eigenvalue weighted by atomic mass is 10.2. The second-order valence-electron chi connectivity index (χ2n) is 5.78. The number of aryl methyl sites for hydroxylation is 1. The minimum absolute atomic E-state index is 0.0336. The van der Waals surface area contributed by atoms with Gasteiger partial charge < -0.3 is 14.1 Å². The lowest BCUT2D eigenvalue weighted by molar-refractivity contribution is -0.125. The molecule has 1 saturated heterocycles. The van der Waals surface area contributed by atoms with Crippen molar-refractivity contribution in [2.24, 2.45) is 0 Å². The molecule has 1 aliphatic rings. The lowest BCUT2D eigenvalue weighted by Gasteiger charge is -2.15. The lowest BCUT2D eigenvalue weighted by Crippen LogP contribution is -2.29. The van der Waals surface area contributed by atoms with Crippen molar-refractivity contribution in [1.29, 1.82) is 0 Å². The smallest absolute Gasteiger partial charge is 0.339 e. The molecule has 3 rings (SSSR count). The summed E-state index contributed by atoms with van der Waals surface area (Å²) in [5.74, 6) is 0.964. The van der Waals surface area contributed by atoms with E-state index in [4.69, 9.17) is 9.15 Å². The Morgan fingerprint density at radius 2 is 2.08 bits per heavy atom. The van der Waals surface area contributed by atoms with Gasteiger partial charge in [-0.1, -0.05) is 30.3 Å². The van der Waals surface area contributed by atoms with E-state index in [2.05, 4.69) is 0 Å². The minimum Gasteiger partial charge on any atom is -0.488 e. The molecule has 1 amide bonds. The van der Waals surface area contributed by atoms with E-state index in [-0.39, 0.29) is 12.0 Å². The minimum atomic E-state index is -0.429. The van der Waals surface area contributed by atoms with Crippen molar-refractivity contribution in [3.05, 3.63) is 70.3 Å². The first-order valence-corrected chi connectivity index (χ1v) is 7.90. The molecule has 1 unspecified atom stereocenters. The monoisotopic (exact) mass is 325 g/mol. The number of amides is 1. The van der Waals surface area contributed by atoms with Crippen molar-refractivity contribution < 1.29 is 13.9 Å². The largest absolute Gasteiger partial charge is 0.488 e. The maximum absolute atomic E-state index is 12.2. The van der Waals surface area contributed by atoms with Crippen LogP contribution in [0.4, 0.5) is 0 Å². The summed E-state index contributed by atoms with van der Waals surface area (Å²) in [6, 6.07) is 12.7. The summed E-state index contributed by atoms with van der Waals surface area (Å²) in [6.45, 7) is 2.85. The van der Waals surface area contributed by atoms with E-state index in [1.165, 1.54) is 6.07 Å². The molecule has 0 saturated carbocycles. The fourth-order valence-electron chi connectivity index (χ4n) is 2.70. The quantitative estimate of drug-likeness (QED) is 0.811. The first kappa shape index (κ1) is 16.1. The summed E-state index contributed by atoms with van der Waals surface area (Å²) in [7, 11) is 0. The molecule has 124 valence electrons. The standard InChI is InChI=1S/C19H19NO4/c1-14-11-17(12-19(22)23-14)24-16-9-10-20(13-16)18(21)8-7-15-5-3-2-4-6-15/h2-8,11-12,16H,9-10,13H2,1H3/b8-7+. The van der Waals surface area contributed by atoms with Gasteiger partial charge in [-0.15, -0.1) is 0 Å². The van der Waals surface area contributed by atoms with Gasteiger partial charge in [0.05, 0.1) is 12.6 Å². The van der Waals surface area contributed by atoms with Gasteiger partial charge in [-0.3, -0.25) is 4.79 Å². The predicted octanol–water partition coefficient (Wildman–Crippen LogP) is 2.64. The Balaban J connectivity index is 1.57. The number of likely N-dealkylation sites (tertiary alicyclic amines) is 1. The van der Waals surface area contributed by atoms with Crippen LogP contribution in [0.25, 0.3) is 6.08 Å². The number of ether oxygens (including phenoxy) is 1. The molecule has 0 spiro atoms. The SMILES string of the molecule is Cc1cc(OC2CCN(C(=O)/C=C/c3ccccc3)C2)cc(=O)o1. The second-order valence-corrected chi connectivity index (χ2v) is 5.78. The molecule has 1 fully saturated rings. The van der Waals surface area contributed by atoms with Crippen LogP contribution in [0.2, 0.25) is 0 Å². The Morgan fingerprint density at radius 1 is 1.29 bits per heavy atom. The molecule has 1 aliphatic heterocycles. The number of rotatable bonds is 4. The molecule has 2 heterocycles. The topological polar surface area (TPSA) is 59.8 Å². The van der Waals surface area contributed by atoms with E-state index < -0.39 is 5.63 Å². The molecule has 0 radical (unpaired) electrons. The number of hydrogen-bond donors (Lipinski definition) is 0. The molecule has 1 atom stereocenters. The molecule has 24 heavy (non-hydrogen) atoms. The zero-order valence-electron chi connectivity index (χ0n) is 13.5. The molecular weight excluding hydrogens is 306 g/mol. The van der Waals surface area contributed by atoms with Crippen LogP contribution in [-0.2, 0) is 4.79 Å². The van der Waals surface area contributed by atoms with E-state index in [0.29, 0.717) is 24.6 Å². The van der Waals surface area contributed by atoms with Crippen LogP contribution in [0.1, 0.15) is 17.7 Å². The fraction of sp³-hybridized carbons (Fsp3) is 0.263. The zero-order chi connectivity index (χ0) is 16.9. The van der Waals surface area contributed by atoms with Gasteiger partial charge in [0, 0.05) is 25.1 Å². The summed E-state index contributed by atoms with van der Waals surface area (Å²) in [5.41, 5.74) is 0.561. The molecule has 1 aromatic heterocycles. The van der Waals surface area contributed by atoms with Crippen LogP contribution in [0.5, 0.6) is 5.75 Å². The Hall–Kier alpha value is -2.82. The molecule has 2 aromatic rings. The van der Waals surface area contributed by atoms with Crippen molar-refractivity contribution in [2.45, 2.75) is 19.4 Å². The highest BCUT2D eigenvalue weighted by molar-refractivity contribution is 5.92. The predicted molar refractivity (Wildman–Crippen MR) is 90.8 cm³/mol. The number of carbonyl (C=O) groups excluding carboxylic acids is 1. The third-order valence-electron chi connectivity index (χ3n) is 3.84. The van der Waals surface area contributed by atoms with Gasteiger partial charge in [0.2, 0.25) is 5.91 Å². The number of nitrogens with zero attached hydrogens (tertiary/aromatic N) is 1. The van der Waals surface area contributed by atoms with Crippen molar-refractivity contribution in [3.63, 3.8) is 0 Å². The van der Waals surface area contributed by atoms with Gasteiger partial charge in [0.15, 0.2) is 0 Å². The Bertz CT molecular complexity index is 795. The van der Waals surface area contributed by atoms with E-state index in [1.807, 2.05) is 36.4 Å². The highest BCUT2D eigenvalue weighted by Gasteiger charge is 2.26. The van der Waals surface area contributed by atoms with Gasteiger partial charge in [-0.2, -0.15) is 0 Å². The van der Waals surface area contributed by atoms with Crippen molar-refractivity contribution in [1.82, 2.24) is 4.90 Å². The van der Waals surface area contributed by atoms with Crippen LogP contribution >= 0.6 is 0 Å². The highest BCUT2D eigenvalue weighted by Crippen LogP contribution is 2.18. The average Bonchev–Trinajstić information content (AvgIpc) is 3.01. The molecule has 0 bridgehead atoms. The maximum Gasteiger partial charge on any atom is 0.339 e. The van der Waals surface area contributed by atoms with Crippen molar-refractivity contribution >= 4 is 12.0 Å². The molecular formula is C19H19NO4. The summed E-state index contributed by atoms with van der Waals surface area (Å²) >= 11 is 0. The van der Waals surface area contributed by atoms with Crippen LogP contribution < -0.4 is 10.4 Å².